The van der Waals surface area contributed by atoms with Gasteiger partial charge in [0.25, 0.3) is 0 Å². The van der Waals surface area contributed by atoms with E-state index in [-0.39, 0.29) is 13.0 Å². The molecule has 0 aromatic heterocycles. The van der Waals surface area contributed by atoms with Crippen LogP contribution in [0.15, 0.2) is 0 Å². The number of esters is 1. The fourth-order valence-corrected chi connectivity index (χ4v) is 1.45. The van der Waals surface area contributed by atoms with Crippen LogP contribution in [0.4, 0.5) is 0 Å². The van der Waals surface area contributed by atoms with Crippen molar-refractivity contribution in [1.82, 2.24) is 0 Å². The molecule has 94 valence electrons. The van der Waals surface area contributed by atoms with Crippen LogP contribution in [0.1, 0.15) is 20.3 Å². The lowest BCUT2D eigenvalue weighted by Gasteiger charge is -2.27. The summed E-state index contributed by atoms with van der Waals surface area (Å²) >= 11 is 0. The van der Waals surface area contributed by atoms with Crippen molar-refractivity contribution in [2.75, 3.05) is 20.8 Å². The van der Waals surface area contributed by atoms with E-state index in [2.05, 4.69) is 4.74 Å². The standard InChI is InChI=1S/C9H17NO6/c1-5-7(14-3)9(15-4,10(12)13)8(11)16-6-2/h7H,5-6H2,1-4H3. The molecule has 0 saturated carbocycles. The molecule has 0 spiro atoms. The molecule has 0 N–H and O–H groups in total. The molecular weight excluding hydrogens is 218 g/mol. The summed E-state index contributed by atoms with van der Waals surface area (Å²) in [6, 6.07) is 0. The van der Waals surface area contributed by atoms with Crippen molar-refractivity contribution in [1.29, 1.82) is 0 Å². The minimum atomic E-state index is -2.29. The van der Waals surface area contributed by atoms with E-state index in [1.165, 1.54) is 7.11 Å². The van der Waals surface area contributed by atoms with Crippen LogP contribution >= 0.6 is 0 Å². The third-order valence-electron chi connectivity index (χ3n) is 2.24. The summed E-state index contributed by atoms with van der Waals surface area (Å²) in [7, 11) is 2.37. The Hall–Kier alpha value is -1.21. The first-order valence-corrected chi connectivity index (χ1v) is 4.90. The van der Waals surface area contributed by atoms with E-state index >= 15 is 0 Å². The fourth-order valence-electron chi connectivity index (χ4n) is 1.45. The molecule has 0 bridgehead atoms. The highest BCUT2D eigenvalue weighted by atomic mass is 16.7. The van der Waals surface area contributed by atoms with E-state index in [4.69, 9.17) is 9.47 Å². The number of hydrogen-bond acceptors (Lipinski definition) is 6. The summed E-state index contributed by atoms with van der Waals surface area (Å²) in [5, 5.41) is 11.0. The number of carbonyl (C=O) groups excluding carboxylic acids is 1. The highest BCUT2D eigenvalue weighted by Crippen LogP contribution is 2.23. The number of methoxy groups -OCH3 is 2. The number of rotatable bonds is 7. The summed E-state index contributed by atoms with van der Waals surface area (Å²) in [5.74, 6) is -1.05. The van der Waals surface area contributed by atoms with Crippen LogP contribution in [0.3, 0.4) is 0 Å². The minimum absolute atomic E-state index is 0.0396. The summed E-state index contributed by atoms with van der Waals surface area (Å²) in [6.07, 6.45) is -0.740. The molecule has 0 aliphatic rings. The normalized spacial score (nSPS) is 16.2. The average Bonchev–Trinajstić information content (AvgIpc) is 2.25. The minimum Gasteiger partial charge on any atom is -0.459 e. The second kappa shape index (κ2) is 6.39. The number of ether oxygens (including phenoxy) is 3. The Balaban J connectivity index is 5.29. The van der Waals surface area contributed by atoms with Crippen molar-refractivity contribution in [3.63, 3.8) is 0 Å². The molecule has 0 rings (SSSR count). The molecule has 0 saturated heterocycles. The van der Waals surface area contributed by atoms with Gasteiger partial charge in [0.1, 0.15) is 0 Å². The Morgan fingerprint density at radius 3 is 2.25 bits per heavy atom. The third-order valence-corrected chi connectivity index (χ3v) is 2.24. The Kier molecular flexibility index (Phi) is 5.91. The predicted molar refractivity (Wildman–Crippen MR) is 54.5 cm³/mol. The van der Waals surface area contributed by atoms with E-state index in [0.29, 0.717) is 0 Å². The Morgan fingerprint density at radius 1 is 1.44 bits per heavy atom. The number of nitro groups is 1. The van der Waals surface area contributed by atoms with Gasteiger partial charge < -0.3 is 14.2 Å². The molecule has 2 atom stereocenters. The summed E-state index contributed by atoms with van der Waals surface area (Å²) in [4.78, 5) is 21.8. The lowest BCUT2D eigenvalue weighted by molar-refractivity contribution is -0.623. The number of hydrogen-bond donors (Lipinski definition) is 0. The molecule has 0 heterocycles. The van der Waals surface area contributed by atoms with Gasteiger partial charge in [0, 0.05) is 14.2 Å². The van der Waals surface area contributed by atoms with Crippen LogP contribution in [0.2, 0.25) is 0 Å². The second-order valence-electron chi connectivity index (χ2n) is 3.01. The maximum atomic E-state index is 11.6. The summed E-state index contributed by atoms with van der Waals surface area (Å²) in [6.45, 7) is 3.26. The maximum Gasteiger partial charge on any atom is 0.447 e. The molecule has 0 aromatic carbocycles. The van der Waals surface area contributed by atoms with E-state index in [9.17, 15) is 14.9 Å². The van der Waals surface area contributed by atoms with Gasteiger partial charge in [-0.05, 0) is 13.3 Å². The first-order chi connectivity index (χ1) is 7.50. The van der Waals surface area contributed by atoms with E-state index in [1.54, 1.807) is 13.8 Å². The van der Waals surface area contributed by atoms with Crippen molar-refractivity contribution in [3.05, 3.63) is 10.1 Å². The van der Waals surface area contributed by atoms with Crippen LogP contribution in [-0.4, -0.2) is 43.5 Å². The molecular formula is C9H17NO6. The Morgan fingerprint density at radius 2 is 2.00 bits per heavy atom. The zero-order chi connectivity index (χ0) is 12.8. The molecule has 0 amide bonds. The first-order valence-electron chi connectivity index (χ1n) is 4.90. The average molecular weight is 235 g/mol. The van der Waals surface area contributed by atoms with Crippen LogP contribution in [0.25, 0.3) is 0 Å². The summed E-state index contributed by atoms with van der Waals surface area (Å²) < 4.78 is 14.3. The molecule has 2 unspecified atom stereocenters. The smallest absolute Gasteiger partial charge is 0.447 e. The highest BCUT2D eigenvalue weighted by Gasteiger charge is 2.60. The van der Waals surface area contributed by atoms with E-state index in [1.807, 2.05) is 0 Å². The van der Waals surface area contributed by atoms with Gasteiger partial charge in [0.05, 0.1) is 11.5 Å². The van der Waals surface area contributed by atoms with E-state index < -0.39 is 22.7 Å². The SMILES string of the molecule is CCOC(=O)C(OC)(C(CC)OC)[N+](=O)[O-]. The van der Waals surface area contributed by atoms with Crippen molar-refractivity contribution >= 4 is 5.97 Å². The topological polar surface area (TPSA) is 87.9 Å². The molecule has 0 radical (unpaired) electrons. The van der Waals surface area contributed by atoms with Crippen LogP contribution in [0.5, 0.6) is 0 Å². The lowest BCUT2D eigenvalue weighted by atomic mass is 10.0. The van der Waals surface area contributed by atoms with Crippen molar-refractivity contribution in [2.24, 2.45) is 0 Å². The molecule has 0 aromatic rings. The third kappa shape index (κ3) is 2.48. The van der Waals surface area contributed by atoms with Gasteiger partial charge in [-0.15, -0.1) is 0 Å². The molecule has 0 fully saturated rings. The Bertz CT molecular complexity index is 252. The molecule has 0 aliphatic carbocycles. The first kappa shape index (κ1) is 14.8. The molecule has 7 nitrogen and oxygen atoms in total. The Labute approximate surface area is 93.8 Å². The fraction of sp³-hybridized carbons (Fsp3) is 0.889. The van der Waals surface area contributed by atoms with Gasteiger partial charge in [-0.2, -0.15) is 0 Å². The van der Waals surface area contributed by atoms with E-state index in [0.717, 1.165) is 7.11 Å². The zero-order valence-electron chi connectivity index (χ0n) is 9.89. The lowest BCUT2D eigenvalue weighted by Crippen LogP contribution is -2.58. The van der Waals surface area contributed by atoms with Gasteiger partial charge >= 0.3 is 11.7 Å². The largest absolute Gasteiger partial charge is 0.459 e. The van der Waals surface area contributed by atoms with Crippen molar-refractivity contribution in [2.45, 2.75) is 32.1 Å². The van der Waals surface area contributed by atoms with Gasteiger partial charge in [0.15, 0.2) is 6.10 Å². The molecule has 0 aliphatic heterocycles. The monoisotopic (exact) mass is 235 g/mol. The van der Waals surface area contributed by atoms with Crippen LogP contribution in [0, 0.1) is 10.1 Å². The quantitative estimate of drug-likeness (QED) is 0.278. The molecule has 16 heavy (non-hydrogen) atoms. The second-order valence-corrected chi connectivity index (χ2v) is 3.01. The van der Waals surface area contributed by atoms with Crippen LogP contribution < -0.4 is 0 Å². The predicted octanol–water partition coefficient (Wildman–Crippen LogP) is 0.594. The summed E-state index contributed by atoms with van der Waals surface area (Å²) in [5.41, 5.74) is -2.29. The number of nitrogens with zero attached hydrogens (tertiary/aromatic N) is 1. The maximum absolute atomic E-state index is 11.6. The zero-order valence-corrected chi connectivity index (χ0v) is 9.89. The van der Waals surface area contributed by atoms with Crippen molar-refractivity contribution < 1.29 is 23.9 Å². The molecule has 7 heteroatoms. The van der Waals surface area contributed by atoms with Crippen LogP contribution in [-0.2, 0) is 19.0 Å². The van der Waals surface area contributed by atoms with Gasteiger partial charge in [-0.25, -0.2) is 4.79 Å². The van der Waals surface area contributed by atoms with Crippen molar-refractivity contribution in [3.8, 4) is 0 Å². The van der Waals surface area contributed by atoms with Gasteiger partial charge in [0.2, 0.25) is 0 Å². The van der Waals surface area contributed by atoms with Gasteiger partial charge in [-0.3, -0.25) is 10.1 Å². The van der Waals surface area contributed by atoms with Gasteiger partial charge in [-0.1, -0.05) is 6.92 Å². The number of carbonyl (C=O) groups is 1. The highest BCUT2D eigenvalue weighted by molar-refractivity contribution is 5.78.